The van der Waals surface area contributed by atoms with E-state index in [1.807, 2.05) is 0 Å². The first-order valence-corrected chi connectivity index (χ1v) is 14.1. The second-order valence-electron chi connectivity index (χ2n) is 11.2. The van der Waals surface area contributed by atoms with Crippen LogP contribution in [0.2, 0.25) is 0 Å². The highest BCUT2D eigenvalue weighted by Crippen LogP contribution is 2.53. The van der Waals surface area contributed by atoms with Gasteiger partial charge in [-0.25, -0.2) is 0 Å². The van der Waals surface area contributed by atoms with Gasteiger partial charge in [0.05, 0.1) is 12.7 Å². The number of benzene rings is 6. The maximum absolute atomic E-state index is 6.58. The van der Waals surface area contributed by atoms with Crippen LogP contribution in [0.25, 0.3) is 54.9 Å². The van der Waals surface area contributed by atoms with Crippen LogP contribution in [0.1, 0.15) is 40.8 Å². The highest BCUT2D eigenvalue weighted by atomic mass is 16.5. The van der Waals surface area contributed by atoms with Gasteiger partial charge in [-0.2, -0.15) is 0 Å². The molecule has 6 aromatic carbocycles. The Hall–Kier alpha value is -4.20. The number of ether oxygens (including phenoxy) is 1. The summed E-state index contributed by atoms with van der Waals surface area (Å²) >= 11 is 0. The standard InChI is InChI=1S/C38H30O/c1-23-11-13-27(14-12-23)34-21-33-24(2)39-22-29-18-16-26-8-4-6-10-31(26)36(29)38(33)37-32(34)20-19-28-17-15-25-7-3-5-9-30(25)35(28)37/h3-18,21,24H,19-20,22H2,1-2H3/t24-/m0/s1. The van der Waals surface area contributed by atoms with Gasteiger partial charge in [0.25, 0.3) is 0 Å². The van der Waals surface area contributed by atoms with Crippen LogP contribution in [0.4, 0.5) is 0 Å². The predicted octanol–water partition coefficient (Wildman–Crippen LogP) is 9.99. The van der Waals surface area contributed by atoms with Gasteiger partial charge in [0, 0.05) is 0 Å². The number of hydrogen-bond acceptors (Lipinski definition) is 1. The molecule has 0 fully saturated rings. The molecule has 0 aromatic heterocycles. The monoisotopic (exact) mass is 502 g/mol. The average Bonchev–Trinajstić information content (AvgIpc) is 3.13. The van der Waals surface area contributed by atoms with Crippen molar-refractivity contribution in [3.63, 3.8) is 0 Å². The molecule has 1 heterocycles. The van der Waals surface area contributed by atoms with Gasteiger partial charge in [-0.3, -0.25) is 0 Å². The van der Waals surface area contributed by atoms with Crippen LogP contribution in [0, 0.1) is 6.92 Å². The molecule has 1 heteroatoms. The van der Waals surface area contributed by atoms with E-state index in [1.54, 1.807) is 0 Å². The minimum absolute atomic E-state index is 0.0130. The predicted molar refractivity (Wildman–Crippen MR) is 163 cm³/mol. The van der Waals surface area contributed by atoms with Gasteiger partial charge >= 0.3 is 0 Å². The summed E-state index contributed by atoms with van der Waals surface area (Å²) in [5.74, 6) is 0. The van der Waals surface area contributed by atoms with Gasteiger partial charge in [0.15, 0.2) is 0 Å². The zero-order chi connectivity index (χ0) is 26.1. The molecule has 39 heavy (non-hydrogen) atoms. The van der Waals surface area contributed by atoms with E-state index in [0.717, 1.165) is 12.8 Å². The molecule has 0 amide bonds. The summed E-state index contributed by atoms with van der Waals surface area (Å²) in [5.41, 5.74) is 14.9. The summed E-state index contributed by atoms with van der Waals surface area (Å²) in [7, 11) is 0. The Bertz CT molecular complexity index is 1930. The second kappa shape index (κ2) is 8.66. The third-order valence-electron chi connectivity index (χ3n) is 8.93. The summed E-state index contributed by atoms with van der Waals surface area (Å²) in [4.78, 5) is 0. The topological polar surface area (TPSA) is 9.23 Å². The lowest BCUT2D eigenvalue weighted by atomic mass is 9.73. The Morgan fingerprint density at radius 2 is 1.26 bits per heavy atom. The Balaban J connectivity index is 1.59. The average molecular weight is 503 g/mol. The molecule has 1 aliphatic heterocycles. The van der Waals surface area contributed by atoms with Crippen molar-refractivity contribution in [2.45, 2.75) is 39.4 Å². The van der Waals surface area contributed by atoms with E-state index in [2.05, 4.69) is 117 Å². The number of hydrogen-bond donors (Lipinski definition) is 0. The molecule has 8 rings (SSSR count). The van der Waals surface area contributed by atoms with Crippen molar-refractivity contribution in [1.82, 2.24) is 0 Å². The highest BCUT2D eigenvalue weighted by Gasteiger charge is 2.32. The molecular formula is C38H30O. The lowest BCUT2D eigenvalue weighted by molar-refractivity contribution is 0.0551. The van der Waals surface area contributed by atoms with Crippen LogP contribution >= 0.6 is 0 Å². The van der Waals surface area contributed by atoms with Gasteiger partial charge < -0.3 is 4.74 Å². The highest BCUT2D eigenvalue weighted by molar-refractivity contribution is 6.10. The first kappa shape index (κ1) is 22.8. The van der Waals surface area contributed by atoms with Gasteiger partial charge in [0.2, 0.25) is 0 Å². The number of fused-ring (bicyclic) bond motifs is 11. The molecule has 1 nitrogen and oxygen atoms in total. The minimum Gasteiger partial charge on any atom is -0.369 e. The summed E-state index contributed by atoms with van der Waals surface area (Å²) in [6.45, 7) is 5.01. The van der Waals surface area contributed by atoms with Crippen molar-refractivity contribution in [2.24, 2.45) is 0 Å². The molecule has 0 spiro atoms. The third kappa shape index (κ3) is 3.43. The lowest BCUT2D eigenvalue weighted by Crippen LogP contribution is -2.11. The molecule has 0 bridgehead atoms. The largest absolute Gasteiger partial charge is 0.369 e. The smallest absolute Gasteiger partial charge is 0.0807 e. The normalized spacial score (nSPS) is 15.8. The summed E-state index contributed by atoms with van der Waals surface area (Å²) in [6.07, 6.45) is 2.08. The Labute approximate surface area is 229 Å². The first-order chi connectivity index (χ1) is 19.2. The van der Waals surface area contributed by atoms with E-state index in [1.165, 1.54) is 82.7 Å². The summed E-state index contributed by atoms with van der Waals surface area (Å²) in [6, 6.07) is 38.5. The van der Waals surface area contributed by atoms with Crippen LogP contribution in [-0.2, 0) is 24.2 Å². The number of rotatable bonds is 1. The van der Waals surface area contributed by atoms with E-state index in [9.17, 15) is 0 Å². The van der Waals surface area contributed by atoms with Crippen molar-refractivity contribution in [1.29, 1.82) is 0 Å². The Morgan fingerprint density at radius 1 is 0.615 bits per heavy atom. The molecule has 0 N–H and O–H groups in total. The Morgan fingerprint density at radius 3 is 1.97 bits per heavy atom. The van der Waals surface area contributed by atoms with Crippen molar-refractivity contribution < 1.29 is 4.74 Å². The molecule has 188 valence electrons. The van der Waals surface area contributed by atoms with Crippen LogP contribution < -0.4 is 0 Å². The van der Waals surface area contributed by atoms with Gasteiger partial charge in [-0.05, 0) is 110 Å². The minimum atomic E-state index is -0.0130. The molecule has 0 unspecified atom stereocenters. The van der Waals surface area contributed by atoms with E-state index in [4.69, 9.17) is 4.74 Å². The Kier molecular flexibility index (Phi) is 5.05. The molecule has 0 radical (unpaired) electrons. The number of aryl methyl sites for hydroxylation is 2. The van der Waals surface area contributed by atoms with Crippen molar-refractivity contribution >= 4 is 21.5 Å². The maximum atomic E-state index is 6.58. The van der Waals surface area contributed by atoms with Crippen LogP contribution in [-0.4, -0.2) is 0 Å². The van der Waals surface area contributed by atoms with Crippen LogP contribution in [0.5, 0.6) is 0 Å². The molecular weight excluding hydrogens is 472 g/mol. The lowest BCUT2D eigenvalue weighted by Gasteiger charge is -2.30. The van der Waals surface area contributed by atoms with Gasteiger partial charge in [-0.1, -0.05) is 103 Å². The zero-order valence-electron chi connectivity index (χ0n) is 22.4. The molecule has 2 aliphatic rings. The SMILES string of the molecule is Cc1ccc(-c2cc3c(c4c2CCc2ccc5ccccc5c2-4)-c2c(ccc4ccccc24)CO[C@H]3C)cc1. The van der Waals surface area contributed by atoms with Gasteiger partial charge in [0.1, 0.15) is 0 Å². The van der Waals surface area contributed by atoms with Crippen molar-refractivity contribution in [3.8, 4) is 33.4 Å². The fraction of sp³-hybridized carbons (Fsp3) is 0.158. The van der Waals surface area contributed by atoms with Gasteiger partial charge in [-0.15, -0.1) is 0 Å². The summed E-state index contributed by atoms with van der Waals surface area (Å²) in [5, 5.41) is 5.24. The van der Waals surface area contributed by atoms with Crippen LogP contribution in [0.15, 0.2) is 103 Å². The quantitative estimate of drug-likeness (QED) is 0.217. The molecule has 1 aliphatic carbocycles. The molecule has 1 atom stereocenters. The van der Waals surface area contributed by atoms with Crippen LogP contribution in [0.3, 0.4) is 0 Å². The fourth-order valence-corrected chi connectivity index (χ4v) is 6.98. The van der Waals surface area contributed by atoms with Crippen molar-refractivity contribution in [3.05, 3.63) is 131 Å². The van der Waals surface area contributed by atoms with E-state index in [0.29, 0.717) is 6.61 Å². The second-order valence-corrected chi connectivity index (χ2v) is 11.2. The zero-order valence-corrected chi connectivity index (χ0v) is 22.4. The molecule has 0 saturated carbocycles. The molecule has 6 aromatic rings. The first-order valence-electron chi connectivity index (χ1n) is 14.1. The summed E-state index contributed by atoms with van der Waals surface area (Å²) < 4.78 is 6.58. The molecule has 0 saturated heterocycles. The third-order valence-corrected chi connectivity index (χ3v) is 8.93. The van der Waals surface area contributed by atoms with Crippen molar-refractivity contribution in [2.75, 3.05) is 0 Å². The van der Waals surface area contributed by atoms with E-state index in [-0.39, 0.29) is 6.10 Å². The van der Waals surface area contributed by atoms with E-state index >= 15 is 0 Å². The fourth-order valence-electron chi connectivity index (χ4n) is 6.98. The maximum Gasteiger partial charge on any atom is 0.0807 e. The van der Waals surface area contributed by atoms with E-state index < -0.39 is 0 Å².